The molecular formula is C87H80N2. The first-order valence-corrected chi connectivity index (χ1v) is 31.6. The first-order valence-electron chi connectivity index (χ1n) is 31.6. The molecule has 0 N–H and O–H groups in total. The molecule has 0 aliphatic heterocycles. The number of para-hydroxylation sites is 4. The quantitative estimate of drug-likeness (QED) is 0.106. The minimum atomic E-state index is -0.709. The third-order valence-corrected chi connectivity index (χ3v) is 19.3. The topological polar surface area (TPSA) is 6.48 Å². The largest absolute Gasteiger partial charge is 0.309 e. The van der Waals surface area contributed by atoms with E-state index in [1.807, 2.05) is 0 Å². The number of hydrogen-bond donors (Lipinski definition) is 0. The Kier molecular flexibility index (Phi) is 14.9. The molecule has 0 heterocycles. The van der Waals surface area contributed by atoms with Crippen LogP contribution in [0.1, 0.15) is 99.9 Å². The Morgan fingerprint density at radius 2 is 0.753 bits per heavy atom. The second kappa shape index (κ2) is 22.8. The van der Waals surface area contributed by atoms with Crippen LogP contribution >= 0.6 is 0 Å². The molecule has 13 rings (SSSR count). The summed E-state index contributed by atoms with van der Waals surface area (Å²) in [6.45, 7) is 30.6. The Morgan fingerprint density at radius 3 is 1.20 bits per heavy atom. The van der Waals surface area contributed by atoms with Crippen LogP contribution in [0.2, 0.25) is 0 Å². The monoisotopic (exact) mass is 1150 g/mol. The average molecular weight is 1150 g/mol. The van der Waals surface area contributed by atoms with E-state index in [1.54, 1.807) is 0 Å². The van der Waals surface area contributed by atoms with Gasteiger partial charge in [-0.15, -0.1) is 0 Å². The molecule has 89 heavy (non-hydrogen) atoms. The van der Waals surface area contributed by atoms with Crippen LogP contribution in [0.15, 0.2) is 285 Å². The zero-order valence-corrected chi connectivity index (χ0v) is 53.6. The molecule has 2 aliphatic carbocycles. The van der Waals surface area contributed by atoms with Crippen molar-refractivity contribution in [1.29, 1.82) is 0 Å². The van der Waals surface area contributed by atoms with Gasteiger partial charge < -0.3 is 9.80 Å². The lowest BCUT2D eigenvalue weighted by molar-refractivity contribution is 0.0594. The number of nitrogens with zero attached hydrogens (tertiary/aromatic N) is 2. The van der Waals surface area contributed by atoms with E-state index in [2.05, 4.69) is 366 Å². The smallest absolute Gasteiger partial charge is 0.0540 e. The minimum absolute atomic E-state index is 0.424. The predicted octanol–water partition coefficient (Wildman–Crippen LogP) is 24.4. The highest BCUT2D eigenvalue weighted by Gasteiger charge is 2.70. The predicted molar refractivity (Wildman–Crippen MR) is 382 cm³/mol. The first-order chi connectivity index (χ1) is 43.0. The number of allylic oxidation sites excluding steroid dienone is 5. The zero-order chi connectivity index (χ0) is 62.0. The summed E-state index contributed by atoms with van der Waals surface area (Å²) in [4.78, 5) is 5.11. The molecule has 0 saturated carbocycles. The number of fused-ring (bicyclic) bond motifs is 6. The summed E-state index contributed by atoms with van der Waals surface area (Å²) in [6.07, 6.45) is 6.45. The van der Waals surface area contributed by atoms with Gasteiger partial charge in [-0.25, -0.2) is 0 Å². The van der Waals surface area contributed by atoms with E-state index in [1.165, 1.54) is 89.0 Å². The molecule has 0 saturated heterocycles. The van der Waals surface area contributed by atoms with Crippen molar-refractivity contribution >= 4 is 39.7 Å². The van der Waals surface area contributed by atoms with Gasteiger partial charge in [-0.3, -0.25) is 0 Å². The molecule has 2 aliphatic rings. The van der Waals surface area contributed by atoms with Crippen molar-refractivity contribution in [2.24, 2.45) is 10.8 Å². The van der Waals surface area contributed by atoms with Gasteiger partial charge in [-0.2, -0.15) is 0 Å². The van der Waals surface area contributed by atoms with Crippen molar-refractivity contribution in [3.05, 3.63) is 330 Å². The molecule has 0 fully saturated rings. The van der Waals surface area contributed by atoms with Gasteiger partial charge in [0.25, 0.3) is 0 Å². The van der Waals surface area contributed by atoms with E-state index in [4.69, 9.17) is 0 Å². The Balaban J connectivity index is 1.15. The molecular weight excluding hydrogens is 1070 g/mol. The summed E-state index contributed by atoms with van der Waals surface area (Å²) >= 11 is 0. The van der Waals surface area contributed by atoms with Gasteiger partial charge in [0.2, 0.25) is 0 Å². The fourth-order valence-corrected chi connectivity index (χ4v) is 16.0. The van der Waals surface area contributed by atoms with Gasteiger partial charge in [-0.1, -0.05) is 289 Å². The Morgan fingerprint density at radius 1 is 0.371 bits per heavy atom. The number of aryl methyl sites for hydroxylation is 3. The molecule has 0 aromatic heterocycles. The summed E-state index contributed by atoms with van der Waals surface area (Å²) in [5.41, 5.74) is 28.7. The van der Waals surface area contributed by atoms with Crippen LogP contribution in [-0.4, -0.2) is 0 Å². The van der Waals surface area contributed by atoms with Crippen LogP contribution in [0, 0.1) is 31.6 Å². The normalized spacial score (nSPS) is 16.0. The average Bonchev–Trinajstić information content (AvgIpc) is 1.52. The van der Waals surface area contributed by atoms with E-state index in [-0.39, 0.29) is 0 Å². The second-order valence-electron chi connectivity index (χ2n) is 26.7. The molecule has 2 heteroatoms. The van der Waals surface area contributed by atoms with Crippen molar-refractivity contribution in [1.82, 2.24) is 0 Å². The van der Waals surface area contributed by atoms with Crippen molar-refractivity contribution < 1.29 is 0 Å². The lowest BCUT2D eigenvalue weighted by atomic mass is 9.39. The Bertz CT molecular complexity index is 4630. The molecule has 438 valence electrons. The van der Waals surface area contributed by atoms with Crippen molar-refractivity contribution in [3.8, 4) is 55.6 Å². The van der Waals surface area contributed by atoms with Crippen molar-refractivity contribution in [3.63, 3.8) is 0 Å². The highest BCUT2D eigenvalue weighted by Crippen LogP contribution is 2.75. The van der Waals surface area contributed by atoms with Gasteiger partial charge in [0.1, 0.15) is 0 Å². The van der Waals surface area contributed by atoms with Gasteiger partial charge >= 0.3 is 0 Å². The third-order valence-electron chi connectivity index (χ3n) is 19.3. The van der Waals surface area contributed by atoms with Gasteiger partial charge in [0.15, 0.2) is 0 Å². The fraction of sp³-hybridized carbons (Fsp3) is 0.172. The number of hydrogen-bond acceptors (Lipinski definition) is 2. The fourth-order valence-electron chi connectivity index (χ4n) is 16.0. The third kappa shape index (κ3) is 9.38. The Labute approximate surface area is 529 Å². The number of benzene rings is 11. The lowest BCUT2D eigenvalue weighted by Gasteiger charge is -2.62. The molecule has 11 aromatic rings. The van der Waals surface area contributed by atoms with Crippen molar-refractivity contribution in [2.75, 3.05) is 9.80 Å². The maximum absolute atomic E-state index is 4.60. The summed E-state index contributed by atoms with van der Waals surface area (Å²) in [5, 5.41) is 0. The molecule has 0 spiro atoms. The standard InChI is InChI=1S/C87H80N2/c1-13-14-36-66(58(2)3)74-42-21-27-48-82(74)88(80-46-25-19-38-68(80)62-34-29-31-59(4)54-62)64-50-52-72-70-40-17-23-44-76(70)86(78(72)56-64,84(7,8)9)87(85(10,11)12)77-45-24-18-41-71(77)73-53-51-65(57-79(73)87)89(81-47-26-20-39-69(81)63-35-30-32-60(5)55-63)83-49-28-22-43-75(83)67-37-16-15-33-61(67)6/h13-57H,2H2,1,3-12H3/b14-13-,66-36+. The molecule has 2 atom stereocenters. The van der Waals surface area contributed by atoms with Crippen LogP contribution in [0.4, 0.5) is 34.1 Å². The summed E-state index contributed by atoms with van der Waals surface area (Å²) < 4.78 is 0. The maximum atomic E-state index is 4.60. The number of rotatable bonds is 13. The highest BCUT2D eigenvalue weighted by molar-refractivity contribution is 5.99. The van der Waals surface area contributed by atoms with Crippen LogP contribution < -0.4 is 9.80 Å². The molecule has 2 unspecified atom stereocenters. The minimum Gasteiger partial charge on any atom is -0.309 e. The summed E-state index contributed by atoms with van der Waals surface area (Å²) in [5.74, 6) is 0. The van der Waals surface area contributed by atoms with Crippen LogP contribution in [0.25, 0.3) is 61.2 Å². The summed E-state index contributed by atoms with van der Waals surface area (Å²) in [6, 6.07) is 96.5. The van der Waals surface area contributed by atoms with Gasteiger partial charge in [0.05, 0.1) is 22.7 Å². The molecule has 11 aromatic carbocycles. The molecule has 0 amide bonds. The molecule has 2 nitrogen and oxygen atoms in total. The highest BCUT2D eigenvalue weighted by atomic mass is 15.2. The Hall–Kier alpha value is -9.76. The second-order valence-corrected chi connectivity index (χ2v) is 26.7. The summed E-state index contributed by atoms with van der Waals surface area (Å²) in [7, 11) is 0. The maximum Gasteiger partial charge on any atom is 0.0540 e. The van der Waals surface area contributed by atoms with E-state index in [0.29, 0.717) is 0 Å². The van der Waals surface area contributed by atoms with E-state index < -0.39 is 21.7 Å². The number of anilines is 6. The van der Waals surface area contributed by atoms with Gasteiger partial charge in [-0.05, 0) is 166 Å². The van der Waals surface area contributed by atoms with E-state index in [0.717, 1.165) is 56.4 Å². The lowest BCUT2D eigenvalue weighted by Crippen LogP contribution is -2.62. The SMILES string of the molecule is C=C(C)/C(=C\C=C/C)c1ccccc1N(c1ccc2c(c1)C(C(C)(C)C)(C1(C(C)(C)C)c3ccccc3-c3ccc(N(c4ccccc4-c4cccc(C)c4)c4ccccc4-c4ccccc4C)cc31)c1ccccc1-2)c1ccccc1-c1cccc(C)c1. The van der Waals surface area contributed by atoms with Crippen LogP contribution in [-0.2, 0) is 10.8 Å². The van der Waals surface area contributed by atoms with Crippen molar-refractivity contribution in [2.45, 2.75) is 87.0 Å². The van der Waals surface area contributed by atoms with Gasteiger partial charge in [0, 0.05) is 44.5 Å². The molecule has 0 bridgehead atoms. The zero-order valence-electron chi connectivity index (χ0n) is 53.6. The van der Waals surface area contributed by atoms with E-state index in [9.17, 15) is 0 Å². The van der Waals surface area contributed by atoms with Crippen LogP contribution in [0.3, 0.4) is 0 Å². The molecule has 0 radical (unpaired) electrons. The van der Waals surface area contributed by atoms with Crippen LogP contribution in [0.5, 0.6) is 0 Å². The first kappa shape index (κ1) is 58.3. The van der Waals surface area contributed by atoms with E-state index >= 15 is 0 Å².